The molecule has 2 fully saturated rings. The molecule has 1 aliphatic heterocycles. The van der Waals surface area contributed by atoms with E-state index in [0.29, 0.717) is 13.1 Å². The van der Waals surface area contributed by atoms with Gasteiger partial charge in [0, 0.05) is 30.6 Å². The lowest BCUT2D eigenvalue weighted by Gasteiger charge is -2.34. The summed E-state index contributed by atoms with van der Waals surface area (Å²) < 4.78 is 27.7. The highest BCUT2D eigenvalue weighted by molar-refractivity contribution is 5.79. The molecule has 25 heavy (non-hydrogen) atoms. The first-order valence-corrected chi connectivity index (χ1v) is 9.24. The number of likely N-dealkylation sites (tertiary alicyclic amines) is 1. The number of nitrogens with one attached hydrogen (secondary N) is 1. The Bertz CT molecular complexity index is 590. The molecule has 0 aromatic heterocycles. The van der Waals surface area contributed by atoms with Crippen LogP contribution in [0.5, 0.6) is 0 Å². The van der Waals surface area contributed by atoms with Crippen LogP contribution in [0.25, 0.3) is 0 Å². The SMILES string of the molecule is NC[C@H]1CCC[C@H]1C(=O)NC1CCCN(Cc2c(F)cccc2F)C1. The Labute approximate surface area is 147 Å². The molecule has 1 amide bonds. The fraction of sp³-hybridized carbons (Fsp3) is 0.632. The van der Waals surface area contributed by atoms with E-state index in [-0.39, 0.29) is 35.9 Å². The number of piperidine rings is 1. The number of nitrogens with two attached hydrogens (primary N) is 1. The molecule has 1 heterocycles. The van der Waals surface area contributed by atoms with Gasteiger partial charge >= 0.3 is 0 Å². The Morgan fingerprint density at radius 1 is 1.20 bits per heavy atom. The van der Waals surface area contributed by atoms with Gasteiger partial charge in [0.1, 0.15) is 11.6 Å². The van der Waals surface area contributed by atoms with Gasteiger partial charge < -0.3 is 11.1 Å². The second kappa shape index (κ2) is 8.23. The molecule has 0 spiro atoms. The van der Waals surface area contributed by atoms with Crippen LogP contribution in [0.2, 0.25) is 0 Å². The third-order valence-electron chi connectivity index (χ3n) is 5.59. The lowest BCUT2D eigenvalue weighted by atomic mass is 9.94. The number of hydrogen-bond donors (Lipinski definition) is 2. The highest BCUT2D eigenvalue weighted by atomic mass is 19.1. The van der Waals surface area contributed by atoms with Crippen molar-refractivity contribution in [2.75, 3.05) is 19.6 Å². The van der Waals surface area contributed by atoms with Crippen LogP contribution in [0.3, 0.4) is 0 Å². The summed E-state index contributed by atoms with van der Waals surface area (Å²) in [6.45, 7) is 2.20. The first kappa shape index (κ1) is 18.3. The zero-order valence-corrected chi connectivity index (χ0v) is 14.5. The van der Waals surface area contributed by atoms with Gasteiger partial charge in [0.2, 0.25) is 5.91 Å². The molecule has 1 aromatic rings. The first-order chi connectivity index (χ1) is 12.1. The highest BCUT2D eigenvalue weighted by Gasteiger charge is 2.33. The van der Waals surface area contributed by atoms with E-state index in [0.717, 1.165) is 38.6 Å². The minimum atomic E-state index is -0.511. The summed E-state index contributed by atoms with van der Waals surface area (Å²) in [7, 11) is 0. The van der Waals surface area contributed by atoms with Crippen LogP contribution in [0, 0.1) is 23.5 Å². The van der Waals surface area contributed by atoms with Crippen molar-refractivity contribution in [1.82, 2.24) is 10.2 Å². The van der Waals surface area contributed by atoms with Crippen molar-refractivity contribution in [3.63, 3.8) is 0 Å². The Kier molecular flexibility index (Phi) is 6.02. The zero-order valence-electron chi connectivity index (χ0n) is 14.5. The van der Waals surface area contributed by atoms with Crippen LogP contribution in [-0.4, -0.2) is 36.5 Å². The standard InChI is InChI=1S/C19H27F2N3O/c20-17-7-2-8-18(21)16(17)12-24-9-3-5-14(11-24)23-19(25)15-6-1-4-13(15)10-22/h2,7-8,13-15H,1,3-6,9-12,22H2,(H,23,25)/t13-,14?,15-/m1/s1. The van der Waals surface area contributed by atoms with Gasteiger partial charge in [-0.1, -0.05) is 12.5 Å². The van der Waals surface area contributed by atoms with Crippen molar-refractivity contribution in [2.24, 2.45) is 17.6 Å². The third kappa shape index (κ3) is 4.36. The molecule has 1 unspecified atom stereocenters. The molecule has 3 atom stereocenters. The third-order valence-corrected chi connectivity index (χ3v) is 5.59. The van der Waals surface area contributed by atoms with Crippen LogP contribution in [0.4, 0.5) is 8.78 Å². The van der Waals surface area contributed by atoms with Crippen molar-refractivity contribution in [3.8, 4) is 0 Å². The fourth-order valence-corrected chi connectivity index (χ4v) is 4.20. The van der Waals surface area contributed by atoms with E-state index in [9.17, 15) is 13.6 Å². The summed E-state index contributed by atoms with van der Waals surface area (Å²) >= 11 is 0. The van der Waals surface area contributed by atoms with Crippen LogP contribution in [0.15, 0.2) is 18.2 Å². The molecule has 1 saturated heterocycles. The molecule has 6 heteroatoms. The zero-order chi connectivity index (χ0) is 17.8. The van der Waals surface area contributed by atoms with Gasteiger partial charge in [0.25, 0.3) is 0 Å². The summed E-state index contributed by atoms with van der Waals surface area (Å²) in [4.78, 5) is 14.6. The van der Waals surface area contributed by atoms with E-state index in [4.69, 9.17) is 5.73 Å². The molecule has 3 rings (SSSR count). The topological polar surface area (TPSA) is 58.4 Å². The Hall–Kier alpha value is -1.53. The number of benzene rings is 1. The second-order valence-corrected chi connectivity index (χ2v) is 7.32. The van der Waals surface area contributed by atoms with E-state index in [1.165, 1.54) is 18.2 Å². The normalized spacial score (nSPS) is 27.4. The minimum absolute atomic E-state index is 0.0180. The van der Waals surface area contributed by atoms with Gasteiger partial charge in [-0.05, 0) is 56.8 Å². The van der Waals surface area contributed by atoms with Gasteiger partial charge in [0.05, 0.1) is 0 Å². The molecular formula is C19H27F2N3O. The summed E-state index contributed by atoms with van der Waals surface area (Å²) in [6.07, 6.45) is 4.81. The molecule has 0 bridgehead atoms. The summed E-state index contributed by atoms with van der Waals surface area (Å²) in [5.41, 5.74) is 5.88. The molecule has 4 nitrogen and oxygen atoms in total. The number of carbonyl (C=O) groups is 1. The number of nitrogens with zero attached hydrogens (tertiary/aromatic N) is 1. The maximum atomic E-state index is 13.9. The highest BCUT2D eigenvalue weighted by Crippen LogP contribution is 2.31. The molecular weight excluding hydrogens is 324 g/mol. The largest absolute Gasteiger partial charge is 0.352 e. The minimum Gasteiger partial charge on any atom is -0.352 e. The van der Waals surface area contributed by atoms with Gasteiger partial charge in [-0.25, -0.2) is 8.78 Å². The monoisotopic (exact) mass is 351 g/mol. The van der Waals surface area contributed by atoms with Gasteiger partial charge in [-0.2, -0.15) is 0 Å². The van der Waals surface area contributed by atoms with Gasteiger partial charge in [-0.15, -0.1) is 0 Å². The van der Waals surface area contributed by atoms with E-state index < -0.39 is 11.6 Å². The van der Waals surface area contributed by atoms with E-state index in [1.54, 1.807) is 0 Å². The number of amides is 1. The van der Waals surface area contributed by atoms with E-state index in [1.807, 2.05) is 4.90 Å². The number of halogens is 2. The van der Waals surface area contributed by atoms with Crippen LogP contribution in [-0.2, 0) is 11.3 Å². The summed E-state index contributed by atoms with van der Waals surface area (Å²) in [5.74, 6) is -0.626. The lowest BCUT2D eigenvalue weighted by Crippen LogP contribution is -2.49. The molecule has 138 valence electrons. The van der Waals surface area contributed by atoms with Crippen LogP contribution >= 0.6 is 0 Å². The lowest BCUT2D eigenvalue weighted by molar-refractivity contribution is -0.127. The molecule has 1 saturated carbocycles. The predicted molar refractivity (Wildman–Crippen MR) is 92.7 cm³/mol. The Morgan fingerprint density at radius 2 is 1.96 bits per heavy atom. The van der Waals surface area contributed by atoms with Gasteiger partial charge in [-0.3, -0.25) is 9.69 Å². The maximum absolute atomic E-state index is 13.9. The van der Waals surface area contributed by atoms with Crippen molar-refractivity contribution < 1.29 is 13.6 Å². The van der Waals surface area contributed by atoms with Crippen molar-refractivity contribution >= 4 is 5.91 Å². The number of rotatable bonds is 5. The number of carbonyl (C=O) groups excluding carboxylic acids is 1. The maximum Gasteiger partial charge on any atom is 0.223 e. The molecule has 2 aliphatic rings. The Balaban J connectivity index is 1.57. The van der Waals surface area contributed by atoms with E-state index in [2.05, 4.69) is 5.32 Å². The Morgan fingerprint density at radius 3 is 2.68 bits per heavy atom. The van der Waals surface area contributed by atoms with Crippen molar-refractivity contribution in [1.29, 1.82) is 0 Å². The van der Waals surface area contributed by atoms with Crippen molar-refractivity contribution in [3.05, 3.63) is 35.4 Å². The smallest absolute Gasteiger partial charge is 0.223 e. The molecule has 0 radical (unpaired) electrons. The second-order valence-electron chi connectivity index (χ2n) is 7.32. The average molecular weight is 351 g/mol. The molecule has 1 aromatic carbocycles. The molecule has 3 N–H and O–H groups in total. The fourth-order valence-electron chi connectivity index (χ4n) is 4.20. The quantitative estimate of drug-likeness (QED) is 0.857. The van der Waals surface area contributed by atoms with E-state index >= 15 is 0 Å². The average Bonchev–Trinajstić information content (AvgIpc) is 3.07. The first-order valence-electron chi connectivity index (χ1n) is 9.24. The van der Waals surface area contributed by atoms with Crippen LogP contribution < -0.4 is 11.1 Å². The predicted octanol–water partition coefficient (Wildman–Crippen LogP) is 2.42. The summed E-state index contributed by atoms with van der Waals surface area (Å²) in [5, 5.41) is 3.15. The number of hydrogen-bond acceptors (Lipinski definition) is 3. The van der Waals surface area contributed by atoms with Crippen molar-refractivity contribution in [2.45, 2.75) is 44.7 Å². The van der Waals surface area contributed by atoms with Crippen LogP contribution in [0.1, 0.15) is 37.7 Å². The molecule has 1 aliphatic carbocycles. The summed E-state index contributed by atoms with van der Waals surface area (Å²) in [6, 6.07) is 3.99. The van der Waals surface area contributed by atoms with Gasteiger partial charge in [0.15, 0.2) is 0 Å².